The summed E-state index contributed by atoms with van der Waals surface area (Å²) >= 11 is 1.43. The second-order valence-corrected chi connectivity index (χ2v) is 6.53. The Labute approximate surface area is 144 Å². The van der Waals surface area contributed by atoms with E-state index < -0.39 is 0 Å². The zero-order valence-electron chi connectivity index (χ0n) is 13.7. The SMILES string of the molecule is Cc1cc(C)c(C#N)c(SCc2nc3ccccc3c(=O)n2C)n1. The minimum atomic E-state index is -0.0647. The van der Waals surface area contributed by atoms with Gasteiger partial charge in [-0.1, -0.05) is 23.9 Å². The van der Waals surface area contributed by atoms with E-state index in [0.717, 1.165) is 11.3 Å². The maximum absolute atomic E-state index is 12.4. The van der Waals surface area contributed by atoms with Crippen LogP contribution in [0.2, 0.25) is 0 Å². The predicted molar refractivity (Wildman–Crippen MR) is 95.0 cm³/mol. The molecule has 0 aliphatic heterocycles. The summed E-state index contributed by atoms with van der Waals surface area (Å²) in [5.41, 5.74) is 2.98. The van der Waals surface area contributed by atoms with Crippen LogP contribution in [0, 0.1) is 25.2 Å². The van der Waals surface area contributed by atoms with E-state index in [4.69, 9.17) is 0 Å². The van der Waals surface area contributed by atoms with E-state index in [9.17, 15) is 10.1 Å². The smallest absolute Gasteiger partial charge is 0.261 e. The van der Waals surface area contributed by atoms with Crippen LogP contribution < -0.4 is 5.56 Å². The molecule has 0 atom stereocenters. The summed E-state index contributed by atoms with van der Waals surface area (Å²) < 4.78 is 1.56. The maximum Gasteiger partial charge on any atom is 0.261 e. The van der Waals surface area contributed by atoms with Crippen molar-refractivity contribution in [1.29, 1.82) is 5.26 Å². The predicted octanol–water partition coefficient (Wildman–Crippen LogP) is 3.11. The molecule has 6 heteroatoms. The van der Waals surface area contributed by atoms with Gasteiger partial charge in [0, 0.05) is 12.7 Å². The average molecular weight is 336 g/mol. The number of pyridine rings is 1. The first-order valence-electron chi connectivity index (χ1n) is 7.47. The Balaban J connectivity index is 1.99. The summed E-state index contributed by atoms with van der Waals surface area (Å²) in [5, 5.41) is 10.6. The third kappa shape index (κ3) is 2.91. The van der Waals surface area contributed by atoms with E-state index >= 15 is 0 Å². The first kappa shape index (κ1) is 16.2. The van der Waals surface area contributed by atoms with Gasteiger partial charge in [0.05, 0.1) is 22.2 Å². The van der Waals surface area contributed by atoms with Gasteiger partial charge >= 0.3 is 0 Å². The number of nitrogens with zero attached hydrogens (tertiary/aromatic N) is 4. The highest BCUT2D eigenvalue weighted by molar-refractivity contribution is 7.98. The van der Waals surface area contributed by atoms with Gasteiger partial charge in [-0.2, -0.15) is 5.26 Å². The van der Waals surface area contributed by atoms with E-state index in [2.05, 4.69) is 16.0 Å². The molecule has 0 saturated heterocycles. The molecule has 3 aromatic rings. The standard InChI is InChI=1S/C18H16N4OS/c1-11-8-12(2)20-17(14(11)9-19)24-10-16-21-15-7-5-4-6-13(15)18(23)22(16)3/h4-8H,10H2,1-3H3. The van der Waals surface area contributed by atoms with Crippen molar-refractivity contribution in [2.45, 2.75) is 24.6 Å². The lowest BCUT2D eigenvalue weighted by atomic mass is 10.1. The molecule has 120 valence electrons. The summed E-state index contributed by atoms with van der Waals surface area (Å²) in [7, 11) is 1.72. The highest BCUT2D eigenvalue weighted by Gasteiger charge is 2.12. The number of rotatable bonds is 3. The molecular weight excluding hydrogens is 320 g/mol. The number of hydrogen-bond acceptors (Lipinski definition) is 5. The van der Waals surface area contributed by atoms with Crippen LogP contribution in [0.3, 0.4) is 0 Å². The Bertz CT molecular complexity index is 1030. The van der Waals surface area contributed by atoms with Gasteiger partial charge in [-0.3, -0.25) is 9.36 Å². The molecule has 0 aliphatic rings. The first-order valence-corrected chi connectivity index (χ1v) is 8.45. The normalized spacial score (nSPS) is 10.8. The van der Waals surface area contributed by atoms with Crippen LogP contribution >= 0.6 is 11.8 Å². The molecule has 0 aliphatic carbocycles. The van der Waals surface area contributed by atoms with Gasteiger partial charge in [0.1, 0.15) is 16.9 Å². The molecule has 1 aromatic carbocycles. The van der Waals surface area contributed by atoms with E-state index in [0.29, 0.717) is 33.1 Å². The first-order chi connectivity index (χ1) is 11.5. The van der Waals surface area contributed by atoms with Gasteiger partial charge < -0.3 is 0 Å². The van der Waals surface area contributed by atoms with Gasteiger partial charge in [0.15, 0.2) is 0 Å². The molecule has 2 aromatic heterocycles. The van der Waals surface area contributed by atoms with Crippen LogP contribution in [-0.2, 0) is 12.8 Å². The lowest BCUT2D eigenvalue weighted by Gasteiger charge is -2.10. The number of aromatic nitrogens is 3. The molecule has 0 bridgehead atoms. The molecule has 0 N–H and O–H groups in total. The van der Waals surface area contributed by atoms with Crippen LogP contribution in [-0.4, -0.2) is 14.5 Å². The zero-order valence-corrected chi connectivity index (χ0v) is 14.5. The third-order valence-corrected chi connectivity index (χ3v) is 4.81. The molecule has 0 radical (unpaired) electrons. The molecule has 5 nitrogen and oxygen atoms in total. The van der Waals surface area contributed by atoms with Crippen molar-refractivity contribution in [3.63, 3.8) is 0 Å². The fourth-order valence-electron chi connectivity index (χ4n) is 2.57. The van der Waals surface area contributed by atoms with E-state index in [1.165, 1.54) is 11.8 Å². The second-order valence-electron chi connectivity index (χ2n) is 5.57. The fraction of sp³-hybridized carbons (Fsp3) is 0.222. The summed E-state index contributed by atoms with van der Waals surface area (Å²) in [5.74, 6) is 1.13. The van der Waals surface area contributed by atoms with Crippen molar-refractivity contribution in [2.24, 2.45) is 7.05 Å². The molecule has 0 saturated carbocycles. The van der Waals surface area contributed by atoms with Crippen LogP contribution in [0.15, 0.2) is 40.2 Å². The van der Waals surface area contributed by atoms with Crippen molar-refractivity contribution in [1.82, 2.24) is 14.5 Å². The van der Waals surface area contributed by atoms with Crippen LogP contribution in [0.1, 0.15) is 22.6 Å². The van der Waals surface area contributed by atoms with E-state index in [1.807, 2.05) is 38.1 Å². The van der Waals surface area contributed by atoms with Crippen molar-refractivity contribution in [3.8, 4) is 6.07 Å². The maximum atomic E-state index is 12.4. The number of hydrogen-bond donors (Lipinski definition) is 0. The van der Waals surface area contributed by atoms with Crippen molar-refractivity contribution < 1.29 is 0 Å². The lowest BCUT2D eigenvalue weighted by molar-refractivity contribution is 0.784. The minimum absolute atomic E-state index is 0.0647. The number of nitriles is 1. The Hall–Kier alpha value is -2.65. The molecular formula is C18H16N4OS. The van der Waals surface area contributed by atoms with Crippen LogP contribution in [0.25, 0.3) is 10.9 Å². The van der Waals surface area contributed by atoms with Crippen molar-refractivity contribution in [3.05, 3.63) is 63.3 Å². The number of para-hydroxylation sites is 1. The third-order valence-electron chi connectivity index (χ3n) is 3.84. The Morgan fingerprint density at radius 1 is 1.25 bits per heavy atom. The average Bonchev–Trinajstić information content (AvgIpc) is 2.56. The van der Waals surface area contributed by atoms with Crippen molar-refractivity contribution >= 4 is 22.7 Å². The number of benzene rings is 1. The van der Waals surface area contributed by atoms with Crippen LogP contribution in [0.5, 0.6) is 0 Å². The molecule has 2 heterocycles. The van der Waals surface area contributed by atoms with Crippen molar-refractivity contribution in [2.75, 3.05) is 0 Å². The van der Waals surface area contributed by atoms with Gasteiger partial charge in [-0.05, 0) is 37.6 Å². The molecule has 0 amide bonds. The minimum Gasteiger partial charge on any atom is -0.299 e. The highest BCUT2D eigenvalue weighted by Crippen LogP contribution is 2.26. The summed E-state index contributed by atoms with van der Waals surface area (Å²) in [6, 6.07) is 11.4. The Morgan fingerprint density at radius 3 is 2.75 bits per heavy atom. The van der Waals surface area contributed by atoms with Gasteiger partial charge in [0.2, 0.25) is 0 Å². The van der Waals surface area contributed by atoms with Gasteiger partial charge in [0.25, 0.3) is 5.56 Å². The zero-order chi connectivity index (χ0) is 17.3. The Kier molecular flexibility index (Phi) is 4.36. The number of aryl methyl sites for hydroxylation is 2. The summed E-state index contributed by atoms with van der Waals surface area (Å²) in [4.78, 5) is 21.5. The van der Waals surface area contributed by atoms with Gasteiger partial charge in [-0.25, -0.2) is 9.97 Å². The highest BCUT2D eigenvalue weighted by atomic mass is 32.2. The summed E-state index contributed by atoms with van der Waals surface area (Å²) in [6.45, 7) is 3.81. The molecule has 0 fully saturated rings. The van der Waals surface area contributed by atoms with Crippen LogP contribution in [0.4, 0.5) is 0 Å². The number of fused-ring (bicyclic) bond motifs is 1. The lowest BCUT2D eigenvalue weighted by Crippen LogP contribution is -2.21. The quantitative estimate of drug-likeness (QED) is 0.687. The van der Waals surface area contributed by atoms with E-state index in [-0.39, 0.29) is 5.56 Å². The molecule has 0 spiro atoms. The van der Waals surface area contributed by atoms with Gasteiger partial charge in [-0.15, -0.1) is 0 Å². The Morgan fingerprint density at radius 2 is 2.00 bits per heavy atom. The molecule has 0 unspecified atom stereocenters. The monoisotopic (exact) mass is 336 g/mol. The fourth-order valence-corrected chi connectivity index (χ4v) is 3.65. The second kappa shape index (κ2) is 6.46. The molecule has 24 heavy (non-hydrogen) atoms. The molecule has 3 rings (SSSR count). The largest absolute Gasteiger partial charge is 0.299 e. The van der Waals surface area contributed by atoms with E-state index in [1.54, 1.807) is 17.7 Å². The number of thioether (sulfide) groups is 1. The topological polar surface area (TPSA) is 71.6 Å². The summed E-state index contributed by atoms with van der Waals surface area (Å²) in [6.07, 6.45) is 0.